The molecule has 0 aliphatic carbocycles. The van der Waals surface area contributed by atoms with E-state index < -0.39 is 0 Å². The van der Waals surface area contributed by atoms with E-state index in [0.717, 1.165) is 22.0 Å². The quantitative estimate of drug-likeness (QED) is 0.566. The van der Waals surface area contributed by atoms with Gasteiger partial charge < -0.3 is 10.1 Å². The van der Waals surface area contributed by atoms with Crippen molar-refractivity contribution in [1.29, 1.82) is 0 Å². The normalized spacial score (nSPS) is 14.6. The van der Waals surface area contributed by atoms with Gasteiger partial charge in [-0.2, -0.15) is 0 Å². The molecule has 1 aliphatic rings. The van der Waals surface area contributed by atoms with E-state index in [-0.39, 0.29) is 64.1 Å². The van der Waals surface area contributed by atoms with Crippen LogP contribution in [0.25, 0.3) is 5.32 Å². The van der Waals surface area contributed by atoms with Gasteiger partial charge in [0.25, 0.3) is 0 Å². The van der Waals surface area contributed by atoms with Gasteiger partial charge in [-0.05, 0) is 13.3 Å². The number of fused-ring (bicyclic) bond motifs is 1. The van der Waals surface area contributed by atoms with Gasteiger partial charge in [0.05, 0.1) is 21.5 Å². The molecule has 0 saturated heterocycles. The van der Waals surface area contributed by atoms with Crippen LogP contribution < -0.4 is 58.2 Å². The smallest absolute Gasteiger partial charge is 0.648 e. The fourth-order valence-electron chi connectivity index (χ4n) is 1.14. The van der Waals surface area contributed by atoms with Crippen molar-refractivity contribution in [3.8, 4) is 0 Å². The molecule has 1 aliphatic heterocycles. The van der Waals surface area contributed by atoms with Crippen molar-refractivity contribution >= 4 is 17.2 Å². The Kier molecular flexibility index (Phi) is 4.04. The van der Waals surface area contributed by atoms with E-state index in [1.165, 1.54) is 11.3 Å². The molecule has 58 valence electrons. The third kappa shape index (κ3) is 2.04. The molecule has 1 aromatic heterocycles. The predicted octanol–water partition coefficient (Wildman–Crippen LogP) is -1.47. The maximum absolute atomic E-state index is 11.1. The molecule has 2 heterocycles. The molecule has 12 heavy (non-hydrogen) atoms. The first-order valence-electron chi connectivity index (χ1n) is 3.45. The average molecular weight is 253 g/mol. The van der Waals surface area contributed by atoms with E-state index in [1.54, 1.807) is 0 Å². The van der Waals surface area contributed by atoms with Crippen LogP contribution in [0, 0.1) is 6.92 Å². The summed E-state index contributed by atoms with van der Waals surface area (Å²) in [6.45, 7) is 2.52. The number of nitrogens with zero attached hydrogens (tertiary/aromatic N) is 2. The number of hydrogen-bond acceptors (Lipinski definition) is 3. The van der Waals surface area contributed by atoms with E-state index >= 15 is 0 Å². The molecule has 0 N–H and O–H groups in total. The minimum Gasteiger partial charge on any atom is -0.648 e. The molecule has 0 fully saturated rings. The molecule has 0 unspecified atom stereocenters. The molecule has 0 aromatic carbocycles. The first-order valence-corrected chi connectivity index (χ1v) is 4.27. The van der Waals surface area contributed by atoms with E-state index in [2.05, 4.69) is 10.3 Å². The standard InChI is InChI=1S/C7H8N2OS.Rb/c1-4-9-5-2-3-8-7(10)6(5)11-4;/h2-3H2,1H3,(H,8,10);/q;+1/p-1. The van der Waals surface area contributed by atoms with Gasteiger partial charge in [-0.1, -0.05) is 0 Å². The second-order valence-corrected chi connectivity index (χ2v) is 3.65. The summed E-state index contributed by atoms with van der Waals surface area (Å²) in [5.74, 6) is -0.0862. The molecule has 1 aromatic rings. The number of carbonyl (C=O) groups is 1. The molecule has 1 amide bonds. The maximum atomic E-state index is 11.1. The molecular formula is C7H7N2ORbS. The second-order valence-electron chi connectivity index (χ2n) is 2.45. The van der Waals surface area contributed by atoms with Crippen molar-refractivity contribution in [2.24, 2.45) is 0 Å². The van der Waals surface area contributed by atoms with Crippen molar-refractivity contribution in [3.63, 3.8) is 0 Å². The van der Waals surface area contributed by atoms with Gasteiger partial charge in [-0.25, -0.2) is 4.98 Å². The zero-order valence-corrected chi connectivity index (χ0v) is 12.9. The Morgan fingerprint density at radius 2 is 2.33 bits per heavy atom. The second kappa shape index (κ2) is 4.42. The average Bonchev–Trinajstić information content (AvgIpc) is 2.31. The molecular weight excluding hydrogens is 246 g/mol. The number of aromatic nitrogens is 1. The summed E-state index contributed by atoms with van der Waals surface area (Å²) in [6, 6.07) is 0. The Labute approximate surface area is 124 Å². The minimum atomic E-state index is -0.0862. The summed E-state index contributed by atoms with van der Waals surface area (Å²) in [4.78, 5) is 16.1. The molecule has 0 spiro atoms. The van der Waals surface area contributed by atoms with Crippen molar-refractivity contribution in [2.45, 2.75) is 13.3 Å². The van der Waals surface area contributed by atoms with Gasteiger partial charge in [0.1, 0.15) is 0 Å². The minimum absolute atomic E-state index is 0. The number of aryl methyl sites for hydroxylation is 1. The summed E-state index contributed by atoms with van der Waals surface area (Å²) >= 11 is 1.44. The van der Waals surface area contributed by atoms with Crippen LogP contribution in [0.4, 0.5) is 0 Å². The van der Waals surface area contributed by atoms with Crippen LogP contribution in [0.15, 0.2) is 0 Å². The first-order chi connectivity index (χ1) is 5.27. The monoisotopic (exact) mass is 252 g/mol. The maximum Gasteiger partial charge on any atom is 1.00 e. The zero-order chi connectivity index (χ0) is 7.84. The van der Waals surface area contributed by atoms with Gasteiger partial charge in [0, 0.05) is 0 Å². The van der Waals surface area contributed by atoms with Crippen LogP contribution in [0.1, 0.15) is 20.4 Å². The number of carbonyl (C=O) groups excluding carboxylic acids is 1. The number of thiazole rings is 1. The summed E-state index contributed by atoms with van der Waals surface area (Å²) in [5.41, 5.74) is 0.938. The summed E-state index contributed by atoms with van der Waals surface area (Å²) in [7, 11) is 0. The van der Waals surface area contributed by atoms with Crippen LogP contribution in [-0.4, -0.2) is 17.4 Å². The molecule has 0 atom stereocenters. The largest absolute Gasteiger partial charge is 1.00 e. The predicted molar refractivity (Wildman–Crippen MR) is 43.1 cm³/mol. The number of rotatable bonds is 0. The number of amides is 1. The van der Waals surface area contributed by atoms with Crippen LogP contribution >= 0.6 is 11.3 Å². The summed E-state index contributed by atoms with van der Waals surface area (Å²) in [5, 5.41) is 4.77. The fraction of sp³-hybridized carbons (Fsp3) is 0.429. The third-order valence-electron chi connectivity index (χ3n) is 1.60. The van der Waals surface area contributed by atoms with E-state index in [4.69, 9.17) is 0 Å². The van der Waals surface area contributed by atoms with Crippen molar-refractivity contribution < 1.29 is 63.0 Å². The SMILES string of the molecule is Cc1nc2c(s1)C(=O)[N-]CC2.[Rb+]. The Hall–Kier alpha value is 0.905. The van der Waals surface area contributed by atoms with Crippen LogP contribution in [0.2, 0.25) is 0 Å². The van der Waals surface area contributed by atoms with Crippen molar-refractivity contribution in [3.05, 3.63) is 20.9 Å². The van der Waals surface area contributed by atoms with E-state index in [9.17, 15) is 4.79 Å². The molecule has 0 radical (unpaired) electrons. The number of hydrogen-bond donors (Lipinski definition) is 0. The first kappa shape index (κ1) is 11.0. The van der Waals surface area contributed by atoms with Crippen LogP contribution in [-0.2, 0) is 6.42 Å². The van der Waals surface area contributed by atoms with Crippen molar-refractivity contribution in [1.82, 2.24) is 4.98 Å². The molecule has 0 saturated carbocycles. The molecule has 5 heteroatoms. The molecule has 3 nitrogen and oxygen atoms in total. The molecule has 0 bridgehead atoms. The molecule has 2 rings (SSSR count). The summed E-state index contributed by atoms with van der Waals surface area (Å²) in [6.07, 6.45) is 0.825. The Morgan fingerprint density at radius 3 is 3.00 bits per heavy atom. The zero-order valence-electron chi connectivity index (χ0n) is 7.13. The van der Waals surface area contributed by atoms with Crippen LogP contribution in [0.3, 0.4) is 0 Å². The van der Waals surface area contributed by atoms with E-state index in [0.29, 0.717) is 6.54 Å². The van der Waals surface area contributed by atoms with Gasteiger partial charge in [-0.3, -0.25) is 0 Å². The fourth-order valence-corrected chi connectivity index (χ4v) is 2.01. The van der Waals surface area contributed by atoms with Gasteiger partial charge >= 0.3 is 58.2 Å². The van der Waals surface area contributed by atoms with Gasteiger partial charge in [-0.15, -0.1) is 17.9 Å². The van der Waals surface area contributed by atoms with Gasteiger partial charge in [0.2, 0.25) is 0 Å². The summed E-state index contributed by atoms with van der Waals surface area (Å²) < 4.78 is 0. The van der Waals surface area contributed by atoms with E-state index in [1.807, 2.05) is 6.92 Å². The van der Waals surface area contributed by atoms with Crippen molar-refractivity contribution in [2.75, 3.05) is 6.54 Å². The Morgan fingerprint density at radius 1 is 1.58 bits per heavy atom. The van der Waals surface area contributed by atoms with Crippen LogP contribution in [0.5, 0.6) is 0 Å². The Balaban J connectivity index is 0.000000720. The van der Waals surface area contributed by atoms with Gasteiger partial charge in [0.15, 0.2) is 0 Å². The third-order valence-corrected chi connectivity index (χ3v) is 2.60. The Bertz CT molecular complexity index is 310. The topological polar surface area (TPSA) is 44.1 Å².